The predicted octanol–water partition coefficient (Wildman–Crippen LogP) is 0.0767. The fourth-order valence-electron chi connectivity index (χ4n) is 2.19. The van der Waals surface area contributed by atoms with E-state index in [0.717, 1.165) is 32.7 Å². The second-order valence-electron chi connectivity index (χ2n) is 4.74. The molecular weight excluding hydrogens is 218 g/mol. The number of nitrogens with one attached hydrogen (secondary N) is 1. The van der Waals surface area contributed by atoms with E-state index < -0.39 is 12.0 Å². The SMILES string of the molecule is CCNC(CCN1CCCN(C)CC1)C(=O)O. The van der Waals surface area contributed by atoms with Crippen LogP contribution in [0.4, 0.5) is 0 Å². The molecule has 5 nitrogen and oxygen atoms in total. The van der Waals surface area contributed by atoms with Crippen molar-refractivity contribution in [2.24, 2.45) is 0 Å². The van der Waals surface area contributed by atoms with E-state index >= 15 is 0 Å². The molecule has 1 fully saturated rings. The van der Waals surface area contributed by atoms with Crippen molar-refractivity contribution >= 4 is 5.97 Å². The van der Waals surface area contributed by atoms with Crippen molar-refractivity contribution in [3.8, 4) is 0 Å². The minimum atomic E-state index is -0.737. The summed E-state index contributed by atoms with van der Waals surface area (Å²) in [6.45, 7) is 7.89. The Bertz CT molecular complexity index is 236. The molecule has 0 radical (unpaired) electrons. The van der Waals surface area contributed by atoms with Crippen LogP contribution < -0.4 is 5.32 Å². The van der Waals surface area contributed by atoms with Crippen molar-refractivity contribution in [1.82, 2.24) is 15.1 Å². The lowest BCUT2D eigenvalue weighted by molar-refractivity contribution is -0.139. The summed E-state index contributed by atoms with van der Waals surface area (Å²) in [5.41, 5.74) is 0. The number of hydrogen-bond donors (Lipinski definition) is 2. The van der Waals surface area contributed by atoms with Gasteiger partial charge in [-0.3, -0.25) is 4.79 Å². The van der Waals surface area contributed by atoms with Crippen molar-refractivity contribution in [2.45, 2.75) is 25.8 Å². The molecule has 1 atom stereocenters. The molecule has 1 aliphatic heterocycles. The van der Waals surface area contributed by atoms with Crippen LogP contribution in [0.5, 0.6) is 0 Å². The highest BCUT2D eigenvalue weighted by atomic mass is 16.4. The average molecular weight is 243 g/mol. The van der Waals surface area contributed by atoms with Crippen LogP contribution in [0.1, 0.15) is 19.8 Å². The molecule has 1 aliphatic rings. The van der Waals surface area contributed by atoms with Crippen LogP contribution in [-0.4, -0.2) is 73.2 Å². The summed E-state index contributed by atoms with van der Waals surface area (Å²) in [7, 11) is 2.14. The van der Waals surface area contributed by atoms with Crippen molar-refractivity contribution in [3.63, 3.8) is 0 Å². The summed E-state index contributed by atoms with van der Waals surface area (Å²) < 4.78 is 0. The van der Waals surface area contributed by atoms with Crippen molar-refractivity contribution < 1.29 is 9.90 Å². The Balaban J connectivity index is 2.30. The van der Waals surface area contributed by atoms with Gasteiger partial charge in [-0.25, -0.2) is 0 Å². The van der Waals surface area contributed by atoms with Crippen molar-refractivity contribution in [2.75, 3.05) is 46.3 Å². The Labute approximate surface area is 104 Å². The van der Waals surface area contributed by atoms with Gasteiger partial charge in [-0.2, -0.15) is 0 Å². The summed E-state index contributed by atoms with van der Waals surface area (Å²) in [6.07, 6.45) is 1.86. The molecule has 1 saturated heterocycles. The first-order valence-electron chi connectivity index (χ1n) is 6.50. The summed E-state index contributed by atoms with van der Waals surface area (Å²) in [6, 6.07) is -0.402. The summed E-state index contributed by atoms with van der Waals surface area (Å²) in [4.78, 5) is 15.7. The lowest BCUT2D eigenvalue weighted by atomic mass is 10.2. The number of nitrogens with zero attached hydrogens (tertiary/aromatic N) is 2. The number of carboxylic acids is 1. The Morgan fingerprint density at radius 2 is 2.12 bits per heavy atom. The zero-order valence-electron chi connectivity index (χ0n) is 11.0. The van der Waals surface area contributed by atoms with Gasteiger partial charge in [0.05, 0.1) is 0 Å². The zero-order chi connectivity index (χ0) is 12.7. The maximum absolute atomic E-state index is 11.0. The normalized spacial score (nSPS) is 21.1. The van der Waals surface area contributed by atoms with E-state index in [1.807, 2.05) is 6.92 Å². The fraction of sp³-hybridized carbons (Fsp3) is 0.917. The van der Waals surface area contributed by atoms with Crippen LogP contribution in [-0.2, 0) is 4.79 Å². The molecule has 1 unspecified atom stereocenters. The quantitative estimate of drug-likeness (QED) is 0.692. The van der Waals surface area contributed by atoms with E-state index in [-0.39, 0.29) is 0 Å². The van der Waals surface area contributed by atoms with Gasteiger partial charge in [-0.15, -0.1) is 0 Å². The van der Waals surface area contributed by atoms with Crippen LogP contribution in [0.2, 0.25) is 0 Å². The molecule has 0 bridgehead atoms. The van der Waals surface area contributed by atoms with Gasteiger partial charge in [-0.1, -0.05) is 6.92 Å². The van der Waals surface area contributed by atoms with E-state index in [4.69, 9.17) is 5.11 Å². The standard InChI is InChI=1S/C12H25N3O2/c1-3-13-11(12(16)17)5-8-15-7-4-6-14(2)9-10-15/h11,13H,3-10H2,1-2H3,(H,16,17). The lowest BCUT2D eigenvalue weighted by Crippen LogP contribution is -2.40. The number of hydrogen-bond acceptors (Lipinski definition) is 4. The first-order valence-corrected chi connectivity index (χ1v) is 6.50. The molecule has 1 heterocycles. The highest BCUT2D eigenvalue weighted by molar-refractivity contribution is 5.73. The summed E-state index contributed by atoms with van der Waals surface area (Å²) in [5.74, 6) is -0.737. The van der Waals surface area contributed by atoms with E-state index in [1.54, 1.807) is 0 Å². The first-order chi connectivity index (χ1) is 8.13. The Hall–Kier alpha value is -0.650. The Morgan fingerprint density at radius 1 is 1.35 bits per heavy atom. The highest BCUT2D eigenvalue weighted by Crippen LogP contribution is 2.03. The Morgan fingerprint density at radius 3 is 2.76 bits per heavy atom. The summed E-state index contributed by atoms with van der Waals surface area (Å²) in [5, 5.41) is 12.1. The van der Waals surface area contributed by atoms with Gasteiger partial charge in [0.1, 0.15) is 6.04 Å². The van der Waals surface area contributed by atoms with Crippen molar-refractivity contribution in [1.29, 1.82) is 0 Å². The van der Waals surface area contributed by atoms with Gasteiger partial charge in [0.2, 0.25) is 0 Å². The van der Waals surface area contributed by atoms with Crippen LogP contribution in [0.25, 0.3) is 0 Å². The third kappa shape index (κ3) is 5.48. The molecular formula is C12H25N3O2. The molecule has 0 aromatic rings. The number of carbonyl (C=O) groups is 1. The molecule has 0 aliphatic carbocycles. The third-order valence-electron chi connectivity index (χ3n) is 3.29. The van der Waals surface area contributed by atoms with E-state index in [2.05, 4.69) is 22.2 Å². The molecule has 0 aromatic carbocycles. The largest absolute Gasteiger partial charge is 0.480 e. The second kappa shape index (κ2) is 7.63. The number of aliphatic carboxylic acids is 1. The highest BCUT2D eigenvalue weighted by Gasteiger charge is 2.18. The molecule has 5 heteroatoms. The smallest absolute Gasteiger partial charge is 0.320 e. The minimum absolute atomic E-state index is 0.402. The van der Waals surface area contributed by atoms with Gasteiger partial charge in [0.25, 0.3) is 0 Å². The van der Waals surface area contributed by atoms with Crippen LogP contribution >= 0.6 is 0 Å². The number of rotatable bonds is 6. The topological polar surface area (TPSA) is 55.8 Å². The monoisotopic (exact) mass is 243 g/mol. The maximum Gasteiger partial charge on any atom is 0.320 e. The number of carboxylic acid groups (broad SMARTS) is 1. The minimum Gasteiger partial charge on any atom is -0.480 e. The second-order valence-corrected chi connectivity index (χ2v) is 4.74. The lowest BCUT2D eigenvalue weighted by Gasteiger charge is -2.22. The summed E-state index contributed by atoms with van der Waals surface area (Å²) >= 11 is 0. The third-order valence-corrected chi connectivity index (χ3v) is 3.29. The van der Waals surface area contributed by atoms with Crippen molar-refractivity contribution in [3.05, 3.63) is 0 Å². The molecule has 1 rings (SSSR count). The average Bonchev–Trinajstić information content (AvgIpc) is 2.49. The van der Waals surface area contributed by atoms with Gasteiger partial charge in [-0.05, 0) is 39.5 Å². The molecule has 0 amide bonds. The molecule has 0 spiro atoms. The van der Waals surface area contributed by atoms with Crippen LogP contribution in [0.15, 0.2) is 0 Å². The molecule has 17 heavy (non-hydrogen) atoms. The van der Waals surface area contributed by atoms with Gasteiger partial charge in [0, 0.05) is 19.6 Å². The molecule has 0 aromatic heterocycles. The van der Waals surface area contributed by atoms with Crippen LogP contribution in [0.3, 0.4) is 0 Å². The van der Waals surface area contributed by atoms with Gasteiger partial charge >= 0.3 is 5.97 Å². The Kier molecular flexibility index (Phi) is 6.47. The molecule has 0 saturated carbocycles. The van der Waals surface area contributed by atoms with E-state index in [9.17, 15) is 4.79 Å². The van der Waals surface area contributed by atoms with E-state index in [1.165, 1.54) is 6.42 Å². The van der Waals surface area contributed by atoms with E-state index in [0.29, 0.717) is 13.0 Å². The first kappa shape index (κ1) is 14.4. The van der Waals surface area contributed by atoms with Crippen LogP contribution in [0, 0.1) is 0 Å². The molecule has 2 N–H and O–H groups in total. The predicted molar refractivity (Wildman–Crippen MR) is 68.3 cm³/mol. The van der Waals surface area contributed by atoms with Gasteiger partial charge in [0.15, 0.2) is 0 Å². The zero-order valence-corrected chi connectivity index (χ0v) is 11.0. The van der Waals surface area contributed by atoms with Gasteiger partial charge < -0.3 is 20.2 Å². The maximum atomic E-state index is 11.0. The number of likely N-dealkylation sites (N-methyl/N-ethyl adjacent to an activating group) is 2. The fourth-order valence-corrected chi connectivity index (χ4v) is 2.19. The molecule has 100 valence electrons.